The van der Waals surface area contributed by atoms with Gasteiger partial charge in [0.05, 0.1) is 5.52 Å². The zero-order chi connectivity index (χ0) is 37.1. The minimum atomic E-state index is -2.04. The van der Waals surface area contributed by atoms with Crippen LogP contribution >= 0.6 is 11.3 Å². The quantitative estimate of drug-likeness (QED) is 0.123. The molecule has 0 fully saturated rings. The molecule has 52 heavy (non-hydrogen) atoms. The summed E-state index contributed by atoms with van der Waals surface area (Å²) in [5.74, 6) is 1.27. The van der Waals surface area contributed by atoms with Gasteiger partial charge in [-0.15, -0.1) is 34.4 Å². The third-order valence-electron chi connectivity index (χ3n) is 9.82. The number of hydrogen-bond acceptors (Lipinski definition) is 5. The Kier molecular flexibility index (Phi) is 11.0. The predicted molar refractivity (Wildman–Crippen MR) is 219 cm³/mol. The number of pyridine rings is 1. The van der Waals surface area contributed by atoms with Crippen LogP contribution in [0.15, 0.2) is 73.2 Å². The van der Waals surface area contributed by atoms with Crippen LogP contribution in [-0.2, 0) is 37.3 Å². The summed E-state index contributed by atoms with van der Waals surface area (Å²) in [6.07, 6.45) is 3.58. The van der Waals surface area contributed by atoms with Crippen molar-refractivity contribution in [3.63, 3.8) is 0 Å². The molecule has 0 aliphatic heterocycles. The molecule has 3 heterocycles. The number of hydrogen-bond donors (Lipinski definition) is 0. The van der Waals surface area contributed by atoms with Crippen molar-refractivity contribution in [2.45, 2.75) is 106 Å². The Balaban J connectivity index is 0.00000523. The van der Waals surface area contributed by atoms with Gasteiger partial charge in [-0.1, -0.05) is 142 Å². The Morgan fingerprint density at radius 3 is 1.90 bits per heavy atom. The molecule has 0 radical (unpaired) electrons. The predicted octanol–water partition coefficient (Wildman–Crippen LogP) is 11.1. The van der Waals surface area contributed by atoms with Crippen LogP contribution in [-0.4, -0.2) is 23.0 Å². The summed E-state index contributed by atoms with van der Waals surface area (Å²) in [5, 5.41) is 1.42. The van der Waals surface area contributed by atoms with E-state index in [2.05, 4.69) is 156 Å². The fourth-order valence-electron chi connectivity index (χ4n) is 6.53. The molecule has 4 nitrogen and oxygen atoms in total. The minimum Gasteiger partial charge on any atom is -0.497 e. The molecule has 0 saturated carbocycles. The Hall–Kier alpha value is -3.44. The van der Waals surface area contributed by atoms with Gasteiger partial charge in [-0.05, 0) is 51.6 Å². The Labute approximate surface area is 330 Å². The van der Waals surface area contributed by atoms with Gasteiger partial charge in [0.1, 0.15) is 14.4 Å². The molecule has 0 aliphatic rings. The normalized spacial score (nSPS) is 12.6. The molecule has 0 unspecified atom stereocenters. The molecule has 6 rings (SSSR count). The van der Waals surface area contributed by atoms with Crippen molar-refractivity contribution in [1.29, 1.82) is 0 Å². The van der Waals surface area contributed by atoms with Gasteiger partial charge >= 0.3 is 21.1 Å². The van der Waals surface area contributed by atoms with Crippen molar-refractivity contribution in [2.24, 2.45) is 0 Å². The van der Waals surface area contributed by atoms with Crippen LogP contribution in [0.1, 0.15) is 90.1 Å². The van der Waals surface area contributed by atoms with Crippen LogP contribution in [0.2, 0.25) is 13.1 Å². The van der Waals surface area contributed by atoms with E-state index in [1.165, 1.54) is 26.4 Å². The fraction of sp³-hybridized carbons (Fsp3) is 0.356. The smallest absolute Gasteiger partial charge is 0.497 e. The largest absolute Gasteiger partial charge is 2.00 e. The number of fused-ring (bicyclic) bond motifs is 1. The number of benzene rings is 3. The third kappa shape index (κ3) is 8.20. The first-order valence-corrected chi connectivity index (χ1v) is 21.7. The average molecular weight is 905 g/mol. The second-order valence-electron chi connectivity index (χ2n) is 17.5. The average Bonchev–Trinajstić information content (AvgIpc) is 3.40. The van der Waals surface area contributed by atoms with E-state index in [0.29, 0.717) is 11.5 Å². The van der Waals surface area contributed by atoms with Crippen LogP contribution in [0, 0.1) is 26.0 Å². The maximum atomic E-state index is 6.63. The number of ether oxygens (including phenoxy) is 1. The number of thiophene rings is 1. The maximum Gasteiger partial charge on any atom is 2.00 e. The summed E-state index contributed by atoms with van der Waals surface area (Å²) in [5.41, 5.74) is 10.7. The topological polar surface area (TPSA) is 47.9 Å². The molecular formula is C45H51N3OPtSSi. The van der Waals surface area contributed by atoms with Gasteiger partial charge in [0, 0.05) is 32.6 Å². The van der Waals surface area contributed by atoms with Crippen molar-refractivity contribution in [3.05, 3.63) is 113 Å². The number of aryl methyl sites for hydroxylation is 2. The summed E-state index contributed by atoms with van der Waals surface area (Å²) < 4.78 is 9.16. The van der Waals surface area contributed by atoms with Crippen molar-refractivity contribution in [3.8, 4) is 34.0 Å². The molecule has 272 valence electrons. The maximum absolute atomic E-state index is 6.63. The zero-order valence-electron chi connectivity index (χ0n) is 32.9. The molecule has 0 aliphatic carbocycles. The van der Waals surface area contributed by atoms with E-state index in [1.807, 2.05) is 23.6 Å². The van der Waals surface area contributed by atoms with Crippen molar-refractivity contribution in [1.82, 2.24) is 15.0 Å². The van der Waals surface area contributed by atoms with Crippen molar-refractivity contribution in [2.75, 3.05) is 0 Å². The molecule has 0 spiro atoms. The van der Waals surface area contributed by atoms with Crippen LogP contribution in [0.25, 0.3) is 32.7 Å². The molecular weight excluding hydrogens is 854 g/mol. The molecule has 7 heteroatoms. The van der Waals surface area contributed by atoms with E-state index >= 15 is 0 Å². The summed E-state index contributed by atoms with van der Waals surface area (Å²) in [7, 11) is -2.04. The SMILES string of the molecule is Cc1cc(Oc2[c-]c(-c3ncnc4c(C)c([Si](C)(C)c5ccc(C(C)(C)C)cc5)sc34)cc(C(C)(C)C)c2)[c-]c(-c2cc(C(C)(C)C)ccn2)c1.[Pt+2]. The van der Waals surface area contributed by atoms with Gasteiger partial charge in [-0.3, -0.25) is 4.98 Å². The molecule has 6 aromatic rings. The van der Waals surface area contributed by atoms with E-state index in [-0.39, 0.29) is 37.3 Å². The number of rotatable bonds is 6. The van der Waals surface area contributed by atoms with E-state index in [0.717, 1.165) is 43.9 Å². The van der Waals surface area contributed by atoms with Gasteiger partial charge in [-0.25, -0.2) is 4.98 Å². The second kappa shape index (κ2) is 14.4. The molecule has 0 saturated heterocycles. The van der Waals surface area contributed by atoms with E-state index in [1.54, 1.807) is 6.33 Å². The number of nitrogens with zero attached hydrogens (tertiary/aromatic N) is 3. The van der Waals surface area contributed by atoms with Gasteiger partial charge in [-0.2, -0.15) is 11.3 Å². The van der Waals surface area contributed by atoms with Gasteiger partial charge in [0.25, 0.3) is 0 Å². The molecule has 0 atom stereocenters. The molecule has 0 N–H and O–H groups in total. The summed E-state index contributed by atoms with van der Waals surface area (Å²) in [6.45, 7) is 29.3. The van der Waals surface area contributed by atoms with Gasteiger partial charge in [0.2, 0.25) is 0 Å². The minimum absolute atomic E-state index is 0. The second-order valence-corrected chi connectivity index (χ2v) is 23.2. The summed E-state index contributed by atoms with van der Waals surface area (Å²) in [6, 6.07) is 29.1. The molecule has 3 aromatic heterocycles. The van der Waals surface area contributed by atoms with Gasteiger partial charge < -0.3 is 9.72 Å². The third-order valence-corrected chi connectivity index (χ3v) is 16.0. The Bertz CT molecular complexity index is 2240. The summed E-state index contributed by atoms with van der Waals surface area (Å²) >= 11 is 1.85. The van der Waals surface area contributed by atoms with Crippen LogP contribution in [0.3, 0.4) is 0 Å². The number of aromatic nitrogens is 3. The van der Waals surface area contributed by atoms with Crippen molar-refractivity contribution < 1.29 is 25.8 Å². The first kappa shape index (κ1) is 39.8. The first-order valence-electron chi connectivity index (χ1n) is 17.8. The van der Waals surface area contributed by atoms with Gasteiger partial charge in [0.15, 0.2) is 0 Å². The van der Waals surface area contributed by atoms with E-state index in [4.69, 9.17) is 19.7 Å². The zero-order valence-corrected chi connectivity index (χ0v) is 37.0. The molecule has 0 bridgehead atoms. The van der Waals surface area contributed by atoms with Crippen LogP contribution in [0.4, 0.5) is 0 Å². The Morgan fingerprint density at radius 2 is 1.27 bits per heavy atom. The monoisotopic (exact) mass is 904 g/mol. The van der Waals surface area contributed by atoms with E-state index in [9.17, 15) is 0 Å². The Morgan fingerprint density at radius 1 is 0.654 bits per heavy atom. The molecule has 0 amide bonds. The van der Waals surface area contributed by atoms with Crippen LogP contribution < -0.4 is 14.4 Å². The van der Waals surface area contributed by atoms with E-state index < -0.39 is 8.07 Å². The first-order chi connectivity index (χ1) is 23.7. The standard InChI is InChI=1S/C45H51N3OSSi.Pt/c1-28-20-30(38-26-33(18-19-46-38)44(6,7)8)23-35(21-28)49-36-24-31(22-34(25-36)45(9,10)11)40-41-39(47-27-48-40)29(2)42(50-41)51(12,13)37-16-14-32(15-17-37)43(3,4)5;/h14-22,25-27H,1-13H3;/q-2;+2. The molecule has 3 aromatic carbocycles. The van der Waals surface area contributed by atoms with Crippen LogP contribution in [0.5, 0.6) is 11.5 Å². The fourth-order valence-corrected chi connectivity index (χ4v) is 11.5. The summed E-state index contributed by atoms with van der Waals surface area (Å²) in [4.78, 5) is 14.4. The van der Waals surface area contributed by atoms with Crippen molar-refractivity contribution >= 4 is 39.3 Å².